The van der Waals surface area contributed by atoms with Crippen LogP contribution in [0.25, 0.3) is 0 Å². The number of halogens is 4. The van der Waals surface area contributed by atoms with Crippen LogP contribution in [-0.4, -0.2) is 30.4 Å². The second kappa shape index (κ2) is 6.90. The topological polar surface area (TPSA) is 41.5 Å². The van der Waals surface area contributed by atoms with Crippen molar-refractivity contribution in [2.75, 3.05) is 19.8 Å². The first-order valence-electron chi connectivity index (χ1n) is 6.16. The Morgan fingerprint density at radius 1 is 1.20 bits per heavy atom. The number of benzene rings is 1. The molecule has 0 saturated heterocycles. The van der Waals surface area contributed by atoms with Gasteiger partial charge >= 0.3 is 0 Å². The maximum atomic E-state index is 13.3. The van der Waals surface area contributed by atoms with Crippen LogP contribution >= 0.6 is 0 Å². The molecule has 0 bridgehead atoms. The van der Waals surface area contributed by atoms with Gasteiger partial charge in [0.05, 0.1) is 13.2 Å². The normalized spacial score (nSPS) is 14.2. The number of hydrogen-bond donors (Lipinski definition) is 2. The first kappa shape index (κ1) is 16.7. The van der Waals surface area contributed by atoms with E-state index in [2.05, 4.69) is 5.32 Å². The van der Waals surface area contributed by atoms with Crippen LogP contribution < -0.4 is 10.1 Å². The first-order chi connectivity index (χ1) is 9.34. The summed E-state index contributed by atoms with van der Waals surface area (Å²) in [5.74, 6) is -7.26. The third kappa shape index (κ3) is 3.83. The summed E-state index contributed by atoms with van der Waals surface area (Å²) in [6.07, 6.45) is 0.203. The van der Waals surface area contributed by atoms with E-state index in [-0.39, 0.29) is 25.7 Å². The Morgan fingerprint density at radius 3 is 2.20 bits per heavy atom. The summed E-state index contributed by atoms with van der Waals surface area (Å²) in [4.78, 5) is 0. The van der Waals surface area contributed by atoms with Gasteiger partial charge in [0.15, 0.2) is 17.4 Å². The number of aliphatic hydroxyl groups is 1. The fourth-order valence-corrected chi connectivity index (χ4v) is 1.71. The number of rotatable bonds is 7. The van der Waals surface area contributed by atoms with Crippen LogP contribution in [0.3, 0.4) is 0 Å². The highest BCUT2D eigenvalue weighted by Crippen LogP contribution is 2.26. The van der Waals surface area contributed by atoms with Crippen molar-refractivity contribution in [2.45, 2.75) is 25.8 Å². The maximum Gasteiger partial charge on any atom is 0.203 e. The second-order valence-electron chi connectivity index (χ2n) is 4.64. The molecule has 0 spiro atoms. The fraction of sp³-hybridized carbons (Fsp3) is 0.538. The molecule has 2 N–H and O–H groups in total. The lowest BCUT2D eigenvalue weighted by Gasteiger charge is -2.28. The van der Waals surface area contributed by atoms with E-state index >= 15 is 0 Å². The third-order valence-electron chi connectivity index (χ3n) is 2.92. The maximum absolute atomic E-state index is 13.3. The zero-order valence-electron chi connectivity index (χ0n) is 11.3. The summed E-state index contributed by atoms with van der Waals surface area (Å²) in [6.45, 7) is 3.68. The molecule has 7 heteroatoms. The van der Waals surface area contributed by atoms with Gasteiger partial charge in [-0.15, -0.1) is 0 Å². The standard InChI is InChI=1S/C13H17F4NO2/c1-3-18-13(2,7-19)4-5-20-12-10(16)8(14)6-9(15)11(12)17/h6,18-19H,3-5,7H2,1-2H3. The summed E-state index contributed by atoms with van der Waals surface area (Å²) in [5.41, 5.74) is -0.701. The van der Waals surface area contributed by atoms with E-state index in [1.807, 2.05) is 6.92 Å². The molecule has 0 aromatic heterocycles. The summed E-state index contributed by atoms with van der Waals surface area (Å²) >= 11 is 0. The van der Waals surface area contributed by atoms with E-state index in [0.29, 0.717) is 6.54 Å². The van der Waals surface area contributed by atoms with Gasteiger partial charge in [-0.1, -0.05) is 6.92 Å². The Morgan fingerprint density at radius 2 is 1.75 bits per heavy atom. The average molecular weight is 295 g/mol. The van der Waals surface area contributed by atoms with Gasteiger partial charge in [0.1, 0.15) is 0 Å². The lowest BCUT2D eigenvalue weighted by Crippen LogP contribution is -2.46. The molecule has 0 heterocycles. The second-order valence-corrected chi connectivity index (χ2v) is 4.64. The van der Waals surface area contributed by atoms with Gasteiger partial charge in [-0.3, -0.25) is 0 Å². The lowest BCUT2D eigenvalue weighted by molar-refractivity contribution is 0.142. The molecule has 0 aliphatic rings. The van der Waals surface area contributed by atoms with Crippen LogP contribution in [0, 0.1) is 23.3 Å². The van der Waals surface area contributed by atoms with Gasteiger partial charge in [-0.25, -0.2) is 8.78 Å². The Labute approximate surface area is 114 Å². The highest BCUT2D eigenvalue weighted by Gasteiger charge is 2.24. The van der Waals surface area contributed by atoms with Gasteiger partial charge in [-0.2, -0.15) is 8.78 Å². The molecule has 1 atom stereocenters. The van der Waals surface area contributed by atoms with Crippen LogP contribution in [0.2, 0.25) is 0 Å². The van der Waals surface area contributed by atoms with Gasteiger partial charge in [0.25, 0.3) is 0 Å². The molecule has 0 aliphatic heterocycles. The van der Waals surface area contributed by atoms with E-state index in [1.54, 1.807) is 6.92 Å². The van der Waals surface area contributed by atoms with E-state index < -0.39 is 34.6 Å². The molecule has 3 nitrogen and oxygen atoms in total. The quantitative estimate of drug-likeness (QED) is 0.599. The molecular weight excluding hydrogens is 278 g/mol. The fourth-order valence-electron chi connectivity index (χ4n) is 1.71. The van der Waals surface area contributed by atoms with Crippen molar-refractivity contribution in [1.82, 2.24) is 5.32 Å². The number of likely N-dealkylation sites (N-methyl/N-ethyl adjacent to an activating group) is 1. The molecule has 1 aromatic carbocycles. The Bertz CT molecular complexity index is 444. The Balaban J connectivity index is 2.76. The molecule has 20 heavy (non-hydrogen) atoms. The number of aliphatic hydroxyl groups excluding tert-OH is 1. The molecule has 1 rings (SSSR count). The SMILES string of the molecule is CCNC(C)(CO)CCOc1c(F)c(F)cc(F)c1F. The van der Waals surface area contributed by atoms with Gasteiger partial charge in [0.2, 0.25) is 11.6 Å². The molecule has 0 aliphatic carbocycles. The van der Waals surface area contributed by atoms with Crippen LogP contribution in [0.5, 0.6) is 5.75 Å². The van der Waals surface area contributed by atoms with Crippen LogP contribution in [0.1, 0.15) is 20.3 Å². The minimum Gasteiger partial charge on any atom is -0.487 e. The zero-order chi connectivity index (χ0) is 15.3. The van der Waals surface area contributed by atoms with E-state index in [1.165, 1.54) is 0 Å². The van der Waals surface area contributed by atoms with Crippen LogP contribution in [0.15, 0.2) is 6.07 Å². The largest absolute Gasteiger partial charge is 0.487 e. The van der Waals surface area contributed by atoms with Crippen molar-refractivity contribution >= 4 is 0 Å². The molecule has 0 radical (unpaired) electrons. The van der Waals surface area contributed by atoms with Crippen molar-refractivity contribution in [2.24, 2.45) is 0 Å². The Hall–Kier alpha value is -1.34. The molecule has 1 aromatic rings. The summed E-state index contributed by atoms with van der Waals surface area (Å²) in [5, 5.41) is 12.2. The summed E-state index contributed by atoms with van der Waals surface area (Å²) in [6, 6.07) is 0.119. The minimum atomic E-state index is -1.57. The third-order valence-corrected chi connectivity index (χ3v) is 2.92. The zero-order valence-corrected chi connectivity index (χ0v) is 11.3. The van der Waals surface area contributed by atoms with Gasteiger partial charge in [-0.05, 0) is 13.5 Å². The minimum absolute atomic E-state index is 0.119. The lowest BCUT2D eigenvalue weighted by atomic mass is 10.00. The van der Waals surface area contributed by atoms with Crippen LogP contribution in [-0.2, 0) is 0 Å². The van der Waals surface area contributed by atoms with Crippen molar-refractivity contribution in [3.05, 3.63) is 29.3 Å². The highest BCUT2D eigenvalue weighted by atomic mass is 19.2. The number of hydrogen-bond acceptors (Lipinski definition) is 3. The average Bonchev–Trinajstić information content (AvgIpc) is 2.41. The van der Waals surface area contributed by atoms with E-state index in [0.717, 1.165) is 0 Å². The highest BCUT2D eigenvalue weighted by molar-refractivity contribution is 5.28. The number of nitrogens with one attached hydrogen (secondary N) is 1. The molecular formula is C13H17F4NO2. The van der Waals surface area contributed by atoms with Gasteiger partial charge < -0.3 is 15.2 Å². The predicted octanol–water partition coefficient (Wildman–Crippen LogP) is 2.37. The van der Waals surface area contributed by atoms with E-state index in [9.17, 15) is 22.7 Å². The molecule has 0 fully saturated rings. The molecule has 1 unspecified atom stereocenters. The summed E-state index contributed by atoms with van der Waals surface area (Å²) in [7, 11) is 0. The van der Waals surface area contributed by atoms with Crippen molar-refractivity contribution in [3.63, 3.8) is 0 Å². The van der Waals surface area contributed by atoms with Crippen LogP contribution in [0.4, 0.5) is 17.6 Å². The first-order valence-corrected chi connectivity index (χ1v) is 6.16. The molecule has 114 valence electrons. The summed E-state index contributed by atoms with van der Waals surface area (Å²) < 4.78 is 57.3. The smallest absolute Gasteiger partial charge is 0.203 e. The molecule has 0 saturated carbocycles. The number of ether oxygens (including phenoxy) is 1. The van der Waals surface area contributed by atoms with Crippen molar-refractivity contribution < 1.29 is 27.4 Å². The van der Waals surface area contributed by atoms with Crippen molar-refractivity contribution in [1.29, 1.82) is 0 Å². The van der Waals surface area contributed by atoms with E-state index in [4.69, 9.17) is 4.74 Å². The predicted molar refractivity (Wildman–Crippen MR) is 65.6 cm³/mol. The molecule has 0 amide bonds. The van der Waals surface area contributed by atoms with Gasteiger partial charge in [0, 0.05) is 18.0 Å². The van der Waals surface area contributed by atoms with Crippen molar-refractivity contribution in [3.8, 4) is 5.75 Å². The Kier molecular flexibility index (Phi) is 5.76. The monoisotopic (exact) mass is 295 g/mol.